The van der Waals surface area contributed by atoms with Crippen LogP contribution < -0.4 is 27.6 Å². The summed E-state index contributed by atoms with van der Waals surface area (Å²) in [5.74, 6) is 0.0808. The number of rotatable bonds is 8. The van der Waals surface area contributed by atoms with Gasteiger partial charge in [-0.05, 0) is 18.8 Å². The maximum atomic E-state index is 13.2. The number of ether oxygens (including phenoxy) is 1. The number of nitrogens with two attached hydrogens (primary N) is 1. The summed E-state index contributed by atoms with van der Waals surface area (Å²) in [6.07, 6.45) is 3.53. The molecule has 3 N–H and O–H groups in total. The molecule has 0 aliphatic carbocycles. The number of anilines is 2. The molecule has 1 amide bonds. The predicted octanol–water partition coefficient (Wildman–Crippen LogP) is -0.461. The molecule has 3 rings (SSSR count). The van der Waals surface area contributed by atoms with Crippen molar-refractivity contribution in [1.82, 2.24) is 23.9 Å². The van der Waals surface area contributed by atoms with Crippen molar-refractivity contribution in [2.45, 2.75) is 59.2 Å². The minimum atomic E-state index is -0.773. The number of aromatic amines is 1. The number of aryl methyl sites for hydroxylation is 1. The number of nitrogen functional groups attached to an aromatic ring is 1. The van der Waals surface area contributed by atoms with Crippen molar-refractivity contribution in [3.63, 3.8) is 0 Å². The number of nitrogens with one attached hydrogen (secondary N) is 1. The van der Waals surface area contributed by atoms with E-state index in [9.17, 15) is 19.2 Å². The lowest BCUT2D eigenvalue weighted by Gasteiger charge is -2.24. The third-order valence-electron chi connectivity index (χ3n) is 5.42. The van der Waals surface area contributed by atoms with Gasteiger partial charge < -0.3 is 15.4 Å². The second kappa shape index (κ2) is 9.98. The third-order valence-corrected chi connectivity index (χ3v) is 5.42. The Bertz CT molecular complexity index is 1140. The second-order valence-corrected chi connectivity index (χ2v) is 8.35. The van der Waals surface area contributed by atoms with E-state index in [4.69, 9.17) is 10.5 Å². The topological polar surface area (TPSA) is 150 Å². The summed E-state index contributed by atoms with van der Waals surface area (Å²) in [5.41, 5.74) is 4.28. The third kappa shape index (κ3) is 4.85. The Kier molecular flexibility index (Phi) is 7.33. The molecule has 3 heterocycles. The molecular weight excluding hydrogens is 418 g/mol. The Morgan fingerprint density at radius 1 is 1.25 bits per heavy atom. The van der Waals surface area contributed by atoms with Gasteiger partial charge in [-0.2, -0.15) is 5.10 Å². The van der Waals surface area contributed by atoms with Crippen LogP contribution in [0.3, 0.4) is 0 Å². The van der Waals surface area contributed by atoms with Gasteiger partial charge in [0.05, 0.1) is 6.61 Å². The number of carbonyl (C=O) groups excluding carboxylic acids is 1. The molecule has 1 aliphatic rings. The van der Waals surface area contributed by atoms with Crippen molar-refractivity contribution < 1.29 is 9.53 Å². The fourth-order valence-corrected chi connectivity index (χ4v) is 3.87. The van der Waals surface area contributed by atoms with Crippen molar-refractivity contribution in [2.75, 3.05) is 30.9 Å². The van der Waals surface area contributed by atoms with Crippen LogP contribution in [0.25, 0.3) is 0 Å². The quantitative estimate of drug-likeness (QED) is 0.553. The molecule has 12 heteroatoms. The number of nitrogens with zero attached hydrogens (tertiary/aromatic N) is 5. The number of fused-ring (bicyclic) bond motifs is 1. The minimum absolute atomic E-state index is 0.0187. The zero-order valence-electron chi connectivity index (χ0n) is 18.8. The number of aromatic nitrogens is 5. The van der Waals surface area contributed by atoms with Crippen LogP contribution in [0.2, 0.25) is 0 Å². The Morgan fingerprint density at radius 3 is 2.69 bits per heavy atom. The summed E-state index contributed by atoms with van der Waals surface area (Å²) in [5, 5.41) is 4.34. The van der Waals surface area contributed by atoms with Crippen LogP contribution in [0.4, 0.5) is 11.5 Å². The summed E-state index contributed by atoms with van der Waals surface area (Å²) < 4.78 is 9.05. The van der Waals surface area contributed by atoms with E-state index in [-0.39, 0.29) is 49.4 Å². The lowest BCUT2D eigenvalue weighted by atomic mass is 10.2. The molecule has 0 bridgehead atoms. The molecule has 0 aromatic carbocycles. The fraction of sp³-hybridized carbons (Fsp3) is 0.650. The molecule has 1 aliphatic heterocycles. The first-order chi connectivity index (χ1) is 15.2. The highest BCUT2D eigenvalue weighted by atomic mass is 16.5. The van der Waals surface area contributed by atoms with E-state index in [1.54, 1.807) is 4.57 Å². The van der Waals surface area contributed by atoms with Gasteiger partial charge in [0.2, 0.25) is 5.91 Å². The van der Waals surface area contributed by atoms with Gasteiger partial charge in [0, 0.05) is 33.2 Å². The van der Waals surface area contributed by atoms with Crippen molar-refractivity contribution in [3.8, 4) is 0 Å². The van der Waals surface area contributed by atoms with Crippen molar-refractivity contribution in [1.29, 1.82) is 0 Å². The van der Waals surface area contributed by atoms with Gasteiger partial charge in [0.25, 0.3) is 5.56 Å². The molecule has 0 unspecified atom stereocenters. The molecule has 0 saturated carbocycles. The first-order valence-electron chi connectivity index (χ1n) is 10.8. The first-order valence-corrected chi connectivity index (χ1v) is 10.8. The number of hydrogen-bond acceptors (Lipinski definition) is 7. The lowest BCUT2D eigenvalue weighted by molar-refractivity contribution is -0.119. The Balaban J connectivity index is 1.99. The highest BCUT2D eigenvalue weighted by Crippen LogP contribution is 2.18. The number of carbonyl (C=O) groups is 1. The minimum Gasteiger partial charge on any atom is -0.383 e. The summed E-state index contributed by atoms with van der Waals surface area (Å²) in [4.78, 5) is 54.3. The van der Waals surface area contributed by atoms with Crippen LogP contribution in [0.1, 0.15) is 38.9 Å². The first kappa shape index (κ1) is 23.5. The maximum absolute atomic E-state index is 13.2. The van der Waals surface area contributed by atoms with E-state index < -0.39 is 17.2 Å². The van der Waals surface area contributed by atoms with Gasteiger partial charge in [0.1, 0.15) is 18.2 Å². The van der Waals surface area contributed by atoms with Crippen LogP contribution >= 0.6 is 0 Å². The van der Waals surface area contributed by atoms with E-state index in [2.05, 4.69) is 10.1 Å². The Labute approximate surface area is 184 Å². The molecule has 176 valence electrons. The fourth-order valence-electron chi connectivity index (χ4n) is 3.87. The number of hydrogen-bond donors (Lipinski definition) is 2. The smallest absolute Gasteiger partial charge is 0.346 e. The normalized spacial score (nSPS) is 13.8. The van der Waals surface area contributed by atoms with Crippen LogP contribution in [-0.2, 0) is 35.6 Å². The summed E-state index contributed by atoms with van der Waals surface area (Å²) >= 11 is 0. The van der Waals surface area contributed by atoms with Gasteiger partial charge in [-0.1, -0.05) is 20.3 Å². The van der Waals surface area contributed by atoms with Crippen molar-refractivity contribution in [2.24, 2.45) is 5.92 Å². The predicted molar refractivity (Wildman–Crippen MR) is 119 cm³/mol. The Morgan fingerprint density at radius 2 is 2.00 bits per heavy atom. The lowest BCUT2D eigenvalue weighted by Crippen LogP contribution is -2.45. The molecule has 2 aromatic rings. The Hall–Kier alpha value is -3.15. The highest BCUT2D eigenvalue weighted by Gasteiger charge is 2.26. The molecule has 0 saturated heterocycles. The standard InChI is InChI=1S/C20H31N7O5/c1-13(2)11-26-17(21)16(18(29)22-19(26)30)25(9-10-32-3)15(28)12-27-20(31)24-8-6-4-5-7-14(24)23-27/h13H,4-12,21H2,1-3H3,(H,22,29,30). The average Bonchev–Trinajstić information content (AvgIpc) is 2.89. The van der Waals surface area contributed by atoms with E-state index in [0.29, 0.717) is 18.8 Å². The summed E-state index contributed by atoms with van der Waals surface area (Å²) in [6, 6.07) is 0. The molecule has 0 fully saturated rings. The molecule has 12 nitrogen and oxygen atoms in total. The second-order valence-electron chi connectivity index (χ2n) is 8.35. The van der Waals surface area contributed by atoms with Gasteiger partial charge in [-0.3, -0.25) is 23.7 Å². The monoisotopic (exact) mass is 449 g/mol. The van der Waals surface area contributed by atoms with Gasteiger partial charge in [-0.25, -0.2) is 14.3 Å². The number of amides is 1. The van der Waals surface area contributed by atoms with Crippen LogP contribution in [0.5, 0.6) is 0 Å². The molecule has 0 radical (unpaired) electrons. The largest absolute Gasteiger partial charge is 0.383 e. The van der Waals surface area contributed by atoms with E-state index >= 15 is 0 Å². The molecule has 32 heavy (non-hydrogen) atoms. The van der Waals surface area contributed by atoms with Crippen LogP contribution in [0.15, 0.2) is 14.4 Å². The summed E-state index contributed by atoms with van der Waals surface area (Å²) in [7, 11) is 1.47. The van der Waals surface area contributed by atoms with E-state index in [1.807, 2.05) is 13.8 Å². The molecule has 0 atom stereocenters. The van der Waals surface area contributed by atoms with Crippen LogP contribution in [0, 0.1) is 5.92 Å². The number of H-pyrrole nitrogens is 1. The van der Waals surface area contributed by atoms with Gasteiger partial charge >= 0.3 is 11.4 Å². The zero-order valence-corrected chi connectivity index (χ0v) is 18.8. The van der Waals surface area contributed by atoms with Crippen molar-refractivity contribution >= 4 is 17.4 Å². The number of methoxy groups -OCH3 is 1. The summed E-state index contributed by atoms with van der Waals surface area (Å²) in [6.45, 7) is 4.44. The van der Waals surface area contributed by atoms with Gasteiger partial charge in [-0.15, -0.1) is 0 Å². The zero-order chi connectivity index (χ0) is 23.4. The van der Waals surface area contributed by atoms with E-state index in [0.717, 1.165) is 28.8 Å². The highest BCUT2D eigenvalue weighted by molar-refractivity contribution is 5.95. The molecule has 0 spiro atoms. The maximum Gasteiger partial charge on any atom is 0.346 e. The van der Waals surface area contributed by atoms with Crippen molar-refractivity contribution in [3.05, 3.63) is 37.1 Å². The molecule has 2 aromatic heterocycles. The SMILES string of the molecule is COCCN(C(=O)Cn1nc2n(c1=O)CCCCC2)c1c(N)n(CC(C)C)c(=O)[nH]c1=O. The van der Waals surface area contributed by atoms with Crippen LogP contribution in [-0.4, -0.2) is 50.1 Å². The van der Waals surface area contributed by atoms with Gasteiger partial charge in [0.15, 0.2) is 5.69 Å². The molecular formula is C20H31N7O5. The average molecular weight is 450 g/mol. The van der Waals surface area contributed by atoms with E-state index in [1.165, 1.54) is 11.7 Å².